The van der Waals surface area contributed by atoms with Crippen LogP contribution in [0.5, 0.6) is 0 Å². The molecule has 0 aromatic heterocycles. The van der Waals surface area contributed by atoms with E-state index >= 15 is 0 Å². The van der Waals surface area contributed by atoms with Crippen molar-refractivity contribution in [3.63, 3.8) is 0 Å². The van der Waals surface area contributed by atoms with Crippen LogP contribution in [0.4, 0.5) is 0 Å². The summed E-state index contributed by atoms with van der Waals surface area (Å²) >= 11 is 0. The van der Waals surface area contributed by atoms with Gasteiger partial charge in [-0.05, 0) is 31.9 Å². The number of amides is 1. The van der Waals surface area contributed by atoms with Crippen LogP contribution in [-0.4, -0.2) is 66.9 Å². The van der Waals surface area contributed by atoms with Gasteiger partial charge < -0.3 is 4.90 Å². The number of piperazine rings is 1. The minimum atomic E-state index is 0.316. The zero-order valence-corrected chi connectivity index (χ0v) is 13.6. The third-order valence-corrected chi connectivity index (χ3v) is 4.98. The van der Waals surface area contributed by atoms with E-state index in [0.717, 1.165) is 32.7 Å². The first kappa shape index (κ1) is 15.5. The first-order valence-electron chi connectivity index (χ1n) is 8.49. The van der Waals surface area contributed by atoms with E-state index in [-0.39, 0.29) is 0 Å². The summed E-state index contributed by atoms with van der Waals surface area (Å²) in [6, 6.07) is 11.0. The molecule has 0 radical (unpaired) electrons. The summed E-state index contributed by atoms with van der Waals surface area (Å²) in [5.74, 6) is 0.316. The fourth-order valence-corrected chi connectivity index (χ4v) is 3.54. The third kappa shape index (κ3) is 3.68. The van der Waals surface area contributed by atoms with E-state index in [1.165, 1.54) is 24.8 Å². The lowest BCUT2D eigenvalue weighted by Crippen LogP contribution is -2.50. The molecule has 2 saturated heterocycles. The molecule has 0 spiro atoms. The maximum absolute atomic E-state index is 12.5. The van der Waals surface area contributed by atoms with E-state index in [4.69, 9.17) is 0 Å². The standard InChI is InChI=1S/C18H27N3O/c1-19-12-13-20(14-17(19)16-8-4-2-5-9-16)15-18(22)21-10-6-3-7-11-21/h2,4-5,8-9,17H,3,6-7,10-15H2,1H3/t17-/m0/s1. The summed E-state index contributed by atoms with van der Waals surface area (Å²) in [5, 5.41) is 0. The summed E-state index contributed by atoms with van der Waals surface area (Å²) in [6.07, 6.45) is 3.61. The van der Waals surface area contributed by atoms with Gasteiger partial charge in [0, 0.05) is 38.8 Å². The van der Waals surface area contributed by atoms with Crippen LogP contribution in [0.25, 0.3) is 0 Å². The number of carbonyl (C=O) groups excluding carboxylic acids is 1. The van der Waals surface area contributed by atoms with Gasteiger partial charge in [0.25, 0.3) is 0 Å². The van der Waals surface area contributed by atoms with Gasteiger partial charge in [-0.2, -0.15) is 0 Å². The molecule has 0 aliphatic carbocycles. The van der Waals surface area contributed by atoms with Crippen LogP contribution in [0.2, 0.25) is 0 Å². The van der Waals surface area contributed by atoms with Crippen LogP contribution in [0, 0.1) is 0 Å². The van der Waals surface area contributed by atoms with Crippen LogP contribution in [0.15, 0.2) is 30.3 Å². The maximum atomic E-state index is 12.5. The van der Waals surface area contributed by atoms with E-state index < -0.39 is 0 Å². The summed E-state index contributed by atoms with van der Waals surface area (Å²) in [4.78, 5) is 19.2. The Morgan fingerprint density at radius 3 is 2.50 bits per heavy atom. The van der Waals surface area contributed by atoms with Gasteiger partial charge in [-0.3, -0.25) is 14.6 Å². The molecular weight excluding hydrogens is 274 g/mol. The lowest BCUT2D eigenvalue weighted by molar-refractivity contribution is -0.134. The lowest BCUT2D eigenvalue weighted by Gasteiger charge is -2.40. The number of rotatable bonds is 3. The quantitative estimate of drug-likeness (QED) is 0.854. The molecule has 1 amide bonds. The molecule has 2 aliphatic heterocycles. The molecule has 4 heteroatoms. The Labute approximate surface area is 133 Å². The van der Waals surface area contributed by atoms with Crippen molar-refractivity contribution >= 4 is 5.91 Å². The van der Waals surface area contributed by atoms with Crippen LogP contribution in [-0.2, 0) is 4.79 Å². The van der Waals surface area contributed by atoms with Crippen molar-refractivity contribution in [2.24, 2.45) is 0 Å². The predicted molar refractivity (Wildman–Crippen MR) is 88.7 cm³/mol. The highest BCUT2D eigenvalue weighted by Crippen LogP contribution is 2.23. The maximum Gasteiger partial charge on any atom is 0.236 e. The Morgan fingerprint density at radius 1 is 1.05 bits per heavy atom. The summed E-state index contributed by atoms with van der Waals surface area (Å²) in [6.45, 7) is 5.44. The number of piperidine rings is 1. The number of likely N-dealkylation sites (N-methyl/N-ethyl adjacent to an activating group) is 1. The SMILES string of the molecule is CN1CCN(CC(=O)N2CCCCC2)C[C@H]1c1ccccc1. The number of benzene rings is 1. The Kier molecular flexibility index (Phi) is 5.11. The average molecular weight is 301 g/mol. The Morgan fingerprint density at radius 2 is 1.77 bits per heavy atom. The molecule has 2 fully saturated rings. The lowest BCUT2D eigenvalue weighted by atomic mass is 10.0. The molecule has 22 heavy (non-hydrogen) atoms. The predicted octanol–water partition coefficient (Wildman–Crippen LogP) is 1.99. The minimum absolute atomic E-state index is 0.316. The number of nitrogens with zero attached hydrogens (tertiary/aromatic N) is 3. The average Bonchev–Trinajstić information content (AvgIpc) is 2.58. The van der Waals surface area contributed by atoms with Gasteiger partial charge in [0.1, 0.15) is 0 Å². The number of carbonyl (C=O) groups is 1. The van der Waals surface area contributed by atoms with Crippen molar-refractivity contribution in [3.8, 4) is 0 Å². The van der Waals surface area contributed by atoms with E-state index in [9.17, 15) is 4.79 Å². The van der Waals surface area contributed by atoms with E-state index in [0.29, 0.717) is 18.5 Å². The zero-order chi connectivity index (χ0) is 15.4. The Hall–Kier alpha value is -1.39. The van der Waals surface area contributed by atoms with Gasteiger partial charge in [-0.1, -0.05) is 30.3 Å². The third-order valence-electron chi connectivity index (χ3n) is 4.98. The number of hydrogen-bond donors (Lipinski definition) is 0. The van der Waals surface area contributed by atoms with Crippen LogP contribution in [0.1, 0.15) is 30.9 Å². The molecule has 3 rings (SSSR count). The van der Waals surface area contributed by atoms with Crippen molar-refractivity contribution in [1.29, 1.82) is 0 Å². The summed E-state index contributed by atoms with van der Waals surface area (Å²) < 4.78 is 0. The summed E-state index contributed by atoms with van der Waals surface area (Å²) in [7, 11) is 2.18. The summed E-state index contributed by atoms with van der Waals surface area (Å²) in [5.41, 5.74) is 1.35. The Balaban J connectivity index is 1.59. The van der Waals surface area contributed by atoms with Crippen LogP contribution < -0.4 is 0 Å². The second kappa shape index (κ2) is 7.25. The van der Waals surface area contributed by atoms with Crippen molar-refractivity contribution < 1.29 is 4.79 Å². The van der Waals surface area contributed by atoms with E-state index in [2.05, 4.69) is 52.1 Å². The van der Waals surface area contributed by atoms with E-state index in [1.807, 2.05) is 0 Å². The van der Waals surface area contributed by atoms with Gasteiger partial charge in [0.05, 0.1) is 6.54 Å². The van der Waals surface area contributed by atoms with Crippen molar-refractivity contribution in [2.75, 3.05) is 46.3 Å². The second-order valence-electron chi connectivity index (χ2n) is 6.58. The molecule has 120 valence electrons. The molecule has 0 saturated carbocycles. The molecule has 1 atom stereocenters. The highest BCUT2D eigenvalue weighted by atomic mass is 16.2. The first-order chi connectivity index (χ1) is 10.7. The van der Waals surface area contributed by atoms with Crippen molar-refractivity contribution in [2.45, 2.75) is 25.3 Å². The molecule has 2 aliphatic rings. The number of likely N-dealkylation sites (tertiary alicyclic amines) is 1. The molecule has 4 nitrogen and oxygen atoms in total. The van der Waals surface area contributed by atoms with Crippen LogP contribution in [0.3, 0.4) is 0 Å². The number of hydrogen-bond acceptors (Lipinski definition) is 3. The van der Waals surface area contributed by atoms with Gasteiger partial charge in [0.15, 0.2) is 0 Å². The normalized spacial score (nSPS) is 24.4. The highest BCUT2D eigenvalue weighted by molar-refractivity contribution is 5.78. The molecule has 1 aromatic carbocycles. The highest BCUT2D eigenvalue weighted by Gasteiger charge is 2.28. The largest absolute Gasteiger partial charge is 0.342 e. The second-order valence-corrected chi connectivity index (χ2v) is 6.58. The molecular formula is C18H27N3O. The first-order valence-corrected chi connectivity index (χ1v) is 8.49. The van der Waals surface area contributed by atoms with Gasteiger partial charge in [-0.15, -0.1) is 0 Å². The van der Waals surface area contributed by atoms with Crippen molar-refractivity contribution in [1.82, 2.24) is 14.7 Å². The fourth-order valence-electron chi connectivity index (χ4n) is 3.54. The van der Waals surface area contributed by atoms with Crippen molar-refractivity contribution in [3.05, 3.63) is 35.9 Å². The van der Waals surface area contributed by atoms with Gasteiger partial charge >= 0.3 is 0 Å². The molecule has 2 heterocycles. The monoisotopic (exact) mass is 301 g/mol. The molecule has 0 N–H and O–H groups in total. The minimum Gasteiger partial charge on any atom is -0.342 e. The topological polar surface area (TPSA) is 26.8 Å². The molecule has 0 bridgehead atoms. The Bertz CT molecular complexity index is 484. The van der Waals surface area contributed by atoms with Gasteiger partial charge in [-0.25, -0.2) is 0 Å². The molecule has 0 unspecified atom stereocenters. The van der Waals surface area contributed by atoms with Gasteiger partial charge in [0.2, 0.25) is 5.91 Å². The zero-order valence-electron chi connectivity index (χ0n) is 13.6. The van der Waals surface area contributed by atoms with E-state index in [1.54, 1.807) is 0 Å². The smallest absolute Gasteiger partial charge is 0.236 e. The molecule has 1 aromatic rings. The fraction of sp³-hybridized carbons (Fsp3) is 0.611. The van der Waals surface area contributed by atoms with Crippen LogP contribution >= 0.6 is 0 Å².